The normalized spacial score (nSPS) is 17.5. The fourth-order valence-electron chi connectivity index (χ4n) is 4.41. The van der Waals surface area contributed by atoms with Gasteiger partial charge in [0.2, 0.25) is 12.3 Å². The van der Waals surface area contributed by atoms with Gasteiger partial charge in [-0.1, -0.05) is 31.0 Å². The van der Waals surface area contributed by atoms with Crippen molar-refractivity contribution in [3.63, 3.8) is 0 Å². The van der Waals surface area contributed by atoms with Crippen molar-refractivity contribution in [2.45, 2.75) is 32.2 Å². The first-order valence-electron chi connectivity index (χ1n) is 11.0. The second kappa shape index (κ2) is 9.32. The predicted molar refractivity (Wildman–Crippen MR) is 116 cm³/mol. The van der Waals surface area contributed by atoms with E-state index in [9.17, 15) is 19.2 Å². The van der Waals surface area contributed by atoms with Crippen LogP contribution < -0.4 is 0 Å². The number of carbonyl (C=O) groups excluding carboxylic acids is 4. The molecule has 1 aromatic heterocycles. The van der Waals surface area contributed by atoms with E-state index in [4.69, 9.17) is 0 Å². The van der Waals surface area contributed by atoms with Gasteiger partial charge in [-0.3, -0.25) is 19.2 Å². The van der Waals surface area contributed by atoms with Crippen LogP contribution in [0.5, 0.6) is 0 Å². The molecule has 2 aromatic rings. The molecule has 0 spiro atoms. The molecule has 31 heavy (non-hydrogen) atoms. The third kappa shape index (κ3) is 4.47. The molecule has 0 atom stereocenters. The molecular formula is C23H28N4O4. The summed E-state index contributed by atoms with van der Waals surface area (Å²) in [4.78, 5) is 54.7. The van der Waals surface area contributed by atoms with Gasteiger partial charge in [-0.15, -0.1) is 0 Å². The van der Waals surface area contributed by atoms with Crippen molar-refractivity contribution in [3.05, 3.63) is 36.0 Å². The molecule has 0 aliphatic carbocycles. The molecule has 2 aliphatic heterocycles. The maximum Gasteiger partial charge on any atom is 0.295 e. The third-order valence-electron chi connectivity index (χ3n) is 6.24. The molecular weight excluding hydrogens is 396 g/mol. The van der Waals surface area contributed by atoms with Gasteiger partial charge in [0.25, 0.3) is 11.7 Å². The summed E-state index contributed by atoms with van der Waals surface area (Å²) in [5, 5.41) is 0.677. The molecule has 3 heterocycles. The van der Waals surface area contributed by atoms with Gasteiger partial charge in [-0.05, 0) is 18.9 Å². The summed E-state index contributed by atoms with van der Waals surface area (Å²) in [7, 11) is 0. The average Bonchev–Trinajstić information content (AvgIpc) is 2.97. The number of carbonyl (C=O) groups is 4. The van der Waals surface area contributed by atoms with Crippen molar-refractivity contribution in [2.24, 2.45) is 0 Å². The number of aromatic nitrogens is 1. The molecule has 2 saturated heterocycles. The highest BCUT2D eigenvalue weighted by atomic mass is 16.2. The monoisotopic (exact) mass is 424 g/mol. The molecule has 8 nitrogen and oxygen atoms in total. The smallest absolute Gasteiger partial charge is 0.295 e. The van der Waals surface area contributed by atoms with E-state index in [1.165, 1.54) is 4.90 Å². The lowest BCUT2D eigenvalue weighted by Gasteiger charge is -2.32. The van der Waals surface area contributed by atoms with E-state index in [0.29, 0.717) is 37.1 Å². The van der Waals surface area contributed by atoms with Gasteiger partial charge in [0.15, 0.2) is 0 Å². The second-order valence-electron chi connectivity index (χ2n) is 8.25. The zero-order valence-electron chi connectivity index (χ0n) is 17.7. The first-order valence-corrected chi connectivity index (χ1v) is 11.0. The zero-order chi connectivity index (χ0) is 21.8. The standard InChI is InChI=1S/C23H28N4O4/c28-17-24-11-13-26(14-12-24)23(31)22(30)19-15-27(20-8-4-3-7-18(19)20)16-21(29)25-9-5-1-2-6-10-25/h3-4,7-8,15,17H,1-2,5-6,9-14,16H2. The minimum Gasteiger partial charge on any atom is -0.342 e. The highest BCUT2D eigenvalue weighted by molar-refractivity contribution is 6.44. The number of piperazine rings is 1. The Hall–Kier alpha value is -3.16. The van der Waals surface area contributed by atoms with Crippen molar-refractivity contribution in [1.82, 2.24) is 19.3 Å². The predicted octanol–water partition coefficient (Wildman–Crippen LogP) is 1.53. The van der Waals surface area contributed by atoms with Crippen LogP contribution in [-0.4, -0.2) is 82.5 Å². The van der Waals surface area contributed by atoms with E-state index < -0.39 is 11.7 Å². The van der Waals surface area contributed by atoms with Crippen LogP contribution in [0.1, 0.15) is 36.0 Å². The lowest BCUT2D eigenvalue weighted by Crippen LogP contribution is -2.50. The van der Waals surface area contributed by atoms with Crippen LogP contribution in [0.3, 0.4) is 0 Å². The Morgan fingerprint density at radius 2 is 1.52 bits per heavy atom. The number of nitrogens with zero attached hydrogens (tertiary/aromatic N) is 4. The Morgan fingerprint density at radius 1 is 0.839 bits per heavy atom. The molecule has 2 fully saturated rings. The quantitative estimate of drug-likeness (QED) is 0.414. The van der Waals surface area contributed by atoms with Crippen LogP contribution in [0.25, 0.3) is 10.9 Å². The van der Waals surface area contributed by atoms with Crippen LogP contribution in [0.2, 0.25) is 0 Å². The molecule has 1 aromatic carbocycles. The summed E-state index contributed by atoms with van der Waals surface area (Å²) < 4.78 is 1.79. The van der Waals surface area contributed by atoms with E-state index in [1.807, 2.05) is 29.2 Å². The van der Waals surface area contributed by atoms with E-state index in [0.717, 1.165) is 50.7 Å². The summed E-state index contributed by atoms with van der Waals surface area (Å²) in [6.45, 7) is 3.23. The van der Waals surface area contributed by atoms with Gasteiger partial charge < -0.3 is 19.3 Å². The number of hydrogen-bond donors (Lipinski definition) is 0. The van der Waals surface area contributed by atoms with E-state index in [-0.39, 0.29) is 12.5 Å². The summed E-state index contributed by atoms with van der Waals surface area (Å²) in [6, 6.07) is 7.37. The number of amides is 3. The third-order valence-corrected chi connectivity index (χ3v) is 6.24. The Balaban J connectivity index is 1.54. The van der Waals surface area contributed by atoms with Crippen LogP contribution >= 0.6 is 0 Å². The topological polar surface area (TPSA) is 82.9 Å². The largest absolute Gasteiger partial charge is 0.342 e. The van der Waals surface area contributed by atoms with Crippen molar-refractivity contribution in [1.29, 1.82) is 0 Å². The van der Waals surface area contributed by atoms with Crippen molar-refractivity contribution in [2.75, 3.05) is 39.3 Å². The highest BCUT2D eigenvalue weighted by Gasteiger charge is 2.29. The summed E-state index contributed by atoms with van der Waals surface area (Å²) >= 11 is 0. The molecule has 0 radical (unpaired) electrons. The van der Waals surface area contributed by atoms with E-state index >= 15 is 0 Å². The minimum absolute atomic E-state index is 0.0398. The van der Waals surface area contributed by atoms with Crippen LogP contribution in [0, 0.1) is 0 Å². The number of benzene rings is 1. The van der Waals surface area contributed by atoms with Crippen molar-refractivity contribution >= 4 is 34.9 Å². The molecule has 3 amide bonds. The van der Waals surface area contributed by atoms with Gasteiger partial charge in [-0.2, -0.15) is 0 Å². The molecule has 0 unspecified atom stereocenters. The van der Waals surface area contributed by atoms with E-state index in [2.05, 4.69) is 0 Å². The summed E-state index contributed by atoms with van der Waals surface area (Å²) in [5.74, 6) is -1.10. The zero-order valence-corrected chi connectivity index (χ0v) is 17.7. The molecule has 0 bridgehead atoms. The Kier molecular flexibility index (Phi) is 6.34. The molecule has 4 rings (SSSR count). The van der Waals surface area contributed by atoms with Gasteiger partial charge >= 0.3 is 0 Å². The van der Waals surface area contributed by atoms with Gasteiger partial charge in [0, 0.05) is 56.4 Å². The fraction of sp³-hybridized carbons (Fsp3) is 0.478. The number of Topliss-reactive ketones (excluding diaryl/α,β-unsaturated/α-hetero) is 1. The highest BCUT2D eigenvalue weighted by Crippen LogP contribution is 2.23. The second-order valence-corrected chi connectivity index (χ2v) is 8.25. The molecule has 0 saturated carbocycles. The van der Waals surface area contributed by atoms with Crippen molar-refractivity contribution in [3.8, 4) is 0 Å². The van der Waals surface area contributed by atoms with Crippen LogP contribution in [0.4, 0.5) is 0 Å². The lowest BCUT2D eigenvalue weighted by molar-refractivity contribution is -0.131. The van der Waals surface area contributed by atoms with Crippen LogP contribution in [0.15, 0.2) is 30.5 Å². The SMILES string of the molecule is O=CN1CCN(C(=O)C(=O)c2cn(CC(=O)N3CCCCCC3)c3ccccc23)CC1. The molecule has 2 aliphatic rings. The minimum atomic E-state index is -0.572. The number of hydrogen-bond acceptors (Lipinski definition) is 4. The Labute approximate surface area is 181 Å². The lowest BCUT2D eigenvalue weighted by atomic mass is 10.1. The van der Waals surface area contributed by atoms with Crippen LogP contribution in [-0.2, 0) is 20.9 Å². The van der Waals surface area contributed by atoms with Gasteiger partial charge in [-0.25, -0.2) is 0 Å². The maximum absolute atomic E-state index is 13.1. The average molecular weight is 425 g/mol. The number of ketones is 1. The molecule has 0 N–H and O–H groups in total. The Morgan fingerprint density at radius 3 is 2.19 bits per heavy atom. The summed E-state index contributed by atoms with van der Waals surface area (Å²) in [6.07, 6.45) is 6.75. The number of para-hydroxylation sites is 1. The number of fused-ring (bicyclic) bond motifs is 1. The van der Waals surface area contributed by atoms with E-state index in [1.54, 1.807) is 15.7 Å². The molecule has 8 heteroatoms. The Bertz CT molecular complexity index is 983. The molecule has 164 valence electrons. The first kappa shape index (κ1) is 21.1. The van der Waals surface area contributed by atoms with Gasteiger partial charge in [0.1, 0.15) is 6.54 Å². The fourth-order valence-corrected chi connectivity index (χ4v) is 4.41. The number of likely N-dealkylation sites (tertiary alicyclic amines) is 1. The number of rotatable bonds is 5. The van der Waals surface area contributed by atoms with Gasteiger partial charge in [0.05, 0.1) is 5.56 Å². The van der Waals surface area contributed by atoms with Crippen molar-refractivity contribution < 1.29 is 19.2 Å². The summed E-state index contributed by atoms with van der Waals surface area (Å²) in [5.41, 5.74) is 1.09. The maximum atomic E-state index is 13.1. The first-order chi connectivity index (χ1) is 15.1.